The molecule has 0 bridgehead atoms. The molecule has 0 unspecified atom stereocenters. The average Bonchev–Trinajstić information content (AvgIpc) is 2.93. The van der Waals surface area contributed by atoms with Gasteiger partial charge >= 0.3 is 6.18 Å². The van der Waals surface area contributed by atoms with E-state index in [4.69, 9.17) is 0 Å². The Balaban J connectivity index is 1.89. The monoisotopic (exact) mass is 375 g/mol. The van der Waals surface area contributed by atoms with E-state index >= 15 is 0 Å². The summed E-state index contributed by atoms with van der Waals surface area (Å²) in [6, 6.07) is 9.72. The molecule has 2 aromatic carbocycles. The molecule has 0 aliphatic heterocycles. The second-order valence-electron chi connectivity index (χ2n) is 5.60. The van der Waals surface area contributed by atoms with Gasteiger partial charge in [0, 0.05) is 10.8 Å². The molecule has 4 rings (SSSR count). The maximum absolute atomic E-state index is 13.5. The van der Waals surface area contributed by atoms with Crippen molar-refractivity contribution >= 4 is 33.3 Å². The van der Waals surface area contributed by atoms with Crippen LogP contribution >= 0.6 is 0 Å². The summed E-state index contributed by atoms with van der Waals surface area (Å²) in [6.45, 7) is 0. The lowest BCUT2D eigenvalue weighted by Gasteiger charge is -2.07. The van der Waals surface area contributed by atoms with Crippen LogP contribution in [0.4, 0.5) is 29.1 Å². The lowest BCUT2D eigenvalue weighted by molar-refractivity contribution is -0.144. The summed E-state index contributed by atoms with van der Waals surface area (Å²) in [5.41, 5.74) is 0.329. The van der Waals surface area contributed by atoms with E-state index < -0.39 is 23.7 Å². The summed E-state index contributed by atoms with van der Waals surface area (Å²) >= 11 is 0. The first-order valence-electron chi connectivity index (χ1n) is 7.59. The molecule has 6 nitrogen and oxygen atoms in total. The molecule has 0 saturated carbocycles. The van der Waals surface area contributed by atoms with Gasteiger partial charge in [0.05, 0.1) is 11.0 Å². The van der Waals surface area contributed by atoms with E-state index in [1.807, 2.05) is 0 Å². The van der Waals surface area contributed by atoms with E-state index in [-0.39, 0.29) is 27.8 Å². The molecule has 0 aliphatic carbocycles. The Morgan fingerprint density at radius 1 is 0.963 bits per heavy atom. The first-order valence-corrected chi connectivity index (χ1v) is 7.59. The number of hydrogen-bond donors (Lipinski definition) is 2. The highest BCUT2D eigenvalue weighted by Crippen LogP contribution is 2.37. The van der Waals surface area contributed by atoms with Crippen LogP contribution in [0, 0.1) is 5.82 Å². The summed E-state index contributed by atoms with van der Waals surface area (Å²) in [7, 11) is 0. The molecule has 0 spiro atoms. The molecule has 2 N–H and O–H groups in total. The van der Waals surface area contributed by atoms with E-state index in [1.165, 1.54) is 30.3 Å². The summed E-state index contributed by atoms with van der Waals surface area (Å²) in [6.07, 6.45) is -4.76. The molecule has 2 heterocycles. The van der Waals surface area contributed by atoms with Crippen LogP contribution in [0.2, 0.25) is 0 Å². The predicted molar refractivity (Wildman–Crippen MR) is 88.6 cm³/mol. The van der Waals surface area contributed by atoms with Crippen molar-refractivity contribution < 1.29 is 22.7 Å². The Bertz CT molecular complexity index is 1200. The molecule has 136 valence electrons. The van der Waals surface area contributed by atoms with Crippen molar-refractivity contribution in [1.82, 2.24) is 15.0 Å². The van der Waals surface area contributed by atoms with E-state index in [9.17, 15) is 22.7 Å². The number of nitrogens with zero attached hydrogens (tertiary/aromatic N) is 4. The lowest BCUT2D eigenvalue weighted by Crippen LogP contribution is -2.10. The van der Waals surface area contributed by atoms with Gasteiger partial charge in [0.15, 0.2) is 11.5 Å². The van der Waals surface area contributed by atoms with Crippen molar-refractivity contribution in [2.24, 2.45) is 10.2 Å². The third kappa shape index (κ3) is 3.05. The number of halogens is 4. The predicted octanol–water partition coefficient (Wildman–Crippen LogP) is 5.39. The zero-order chi connectivity index (χ0) is 19.2. The van der Waals surface area contributed by atoms with Crippen molar-refractivity contribution in [1.29, 1.82) is 0 Å². The lowest BCUT2D eigenvalue weighted by atomic mass is 10.2. The summed E-state index contributed by atoms with van der Waals surface area (Å²) in [5.74, 6) is -2.64. The highest BCUT2D eigenvalue weighted by atomic mass is 19.4. The number of hydrogen-bond acceptors (Lipinski definition) is 5. The molecule has 0 radical (unpaired) electrons. The first kappa shape index (κ1) is 16.9. The molecule has 10 heteroatoms. The number of H-pyrrole nitrogens is 1. The Morgan fingerprint density at radius 3 is 2.52 bits per heavy atom. The largest absolute Gasteiger partial charge is 0.493 e. The van der Waals surface area contributed by atoms with Crippen LogP contribution in [0.1, 0.15) is 5.82 Å². The minimum Gasteiger partial charge on any atom is -0.493 e. The summed E-state index contributed by atoms with van der Waals surface area (Å²) < 4.78 is 52.6. The Hall–Kier alpha value is -3.56. The van der Waals surface area contributed by atoms with Gasteiger partial charge in [-0.3, -0.25) is 0 Å². The van der Waals surface area contributed by atoms with Gasteiger partial charge in [-0.25, -0.2) is 14.4 Å². The van der Waals surface area contributed by atoms with Crippen LogP contribution in [0.5, 0.6) is 5.88 Å². The van der Waals surface area contributed by atoms with Gasteiger partial charge in [-0.15, -0.1) is 10.2 Å². The Morgan fingerprint density at radius 2 is 1.74 bits per heavy atom. The van der Waals surface area contributed by atoms with E-state index in [1.54, 1.807) is 6.07 Å². The number of para-hydroxylation sites is 1. The molecule has 2 aromatic heterocycles. The zero-order valence-corrected chi connectivity index (χ0v) is 13.3. The third-order valence-corrected chi connectivity index (χ3v) is 3.80. The van der Waals surface area contributed by atoms with Gasteiger partial charge in [0.2, 0.25) is 11.7 Å². The number of alkyl halides is 3. The molecule has 4 aromatic rings. The van der Waals surface area contributed by atoms with Gasteiger partial charge in [0.25, 0.3) is 0 Å². The number of aromatic hydroxyl groups is 1. The SMILES string of the molecule is Oc1[nH]c2ccc(F)cc2c1N=Nc1nc(C(F)(F)F)nc2ccccc12. The van der Waals surface area contributed by atoms with E-state index in [0.29, 0.717) is 5.52 Å². The fourth-order valence-corrected chi connectivity index (χ4v) is 2.60. The highest BCUT2D eigenvalue weighted by Gasteiger charge is 2.35. The highest BCUT2D eigenvalue weighted by molar-refractivity contribution is 5.94. The second-order valence-corrected chi connectivity index (χ2v) is 5.60. The maximum Gasteiger partial charge on any atom is 0.451 e. The number of azo groups is 1. The van der Waals surface area contributed by atoms with Gasteiger partial charge in [-0.2, -0.15) is 13.2 Å². The first-order chi connectivity index (χ1) is 12.8. The third-order valence-electron chi connectivity index (χ3n) is 3.80. The number of rotatable bonds is 2. The fraction of sp³-hybridized carbons (Fsp3) is 0.0588. The van der Waals surface area contributed by atoms with E-state index in [0.717, 1.165) is 6.07 Å². The fourth-order valence-electron chi connectivity index (χ4n) is 2.60. The van der Waals surface area contributed by atoms with Crippen LogP contribution in [0.3, 0.4) is 0 Å². The van der Waals surface area contributed by atoms with Crippen molar-refractivity contribution in [3.63, 3.8) is 0 Å². The van der Waals surface area contributed by atoms with Gasteiger partial charge in [-0.05, 0) is 30.3 Å². The molecular weight excluding hydrogens is 366 g/mol. The van der Waals surface area contributed by atoms with Crippen molar-refractivity contribution in [2.45, 2.75) is 6.18 Å². The molecular formula is C17H9F4N5O. The summed E-state index contributed by atoms with van der Waals surface area (Å²) in [5, 5.41) is 18.0. The number of aromatic nitrogens is 3. The second kappa shape index (κ2) is 6.01. The Kier molecular flexibility index (Phi) is 3.76. The molecule has 0 atom stereocenters. The van der Waals surface area contributed by atoms with Gasteiger partial charge in [0.1, 0.15) is 5.82 Å². The smallest absolute Gasteiger partial charge is 0.451 e. The zero-order valence-electron chi connectivity index (χ0n) is 13.3. The van der Waals surface area contributed by atoms with E-state index in [2.05, 4.69) is 25.2 Å². The minimum atomic E-state index is -4.76. The van der Waals surface area contributed by atoms with Crippen molar-refractivity contribution in [3.05, 3.63) is 54.1 Å². The summed E-state index contributed by atoms with van der Waals surface area (Å²) in [4.78, 5) is 9.51. The number of aromatic amines is 1. The van der Waals surface area contributed by atoms with Crippen LogP contribution in [-0.4, -0.2) is 20.1 Å². The number of nitrogens with one attached hydrogen (secondary N) is 1. The molecule has 0 amide bonds. The number of benzene rings is 2. The average molecular weight is 375 g/mol. The van der Waals surface area contributed by atoms with Crippen LogP contribution in [-0.2, 0) is 6.18 Å². The maximum atomic E-state index is 13.5. The van der Waals surface area contributed by atoms with Crippen LogP contribution < -0.4 is 0 Å². The van der Waals surface area contributed by atoms with Gasteiger partial charge < -0.3 is 10.1 Å². The molecule has 0 fully saturated rings. The van der Waals surface area contributed by atoms with Gasteiger partial charge in [-0.1, -0.05) is 12.1 Å². The Labute approximate surface area is 148 Å². The standard InChI is InChI=1S/C17H9F4N5O/c18-8-5-6-12-10(7-8)13(15(27)22-12)25-26-14-9-3-1-2-4-11(9)23-16(24-14)17(19,20)21/h1-7,22,27H. The molecule has 27 heavy (non-hydrogen) atoms. The van der Waals surface area contributed by atoms with Crippen LogP contribution in [0.15, 0.2) is 52.7 Å². The minimum absolute atomic E-state index is 0.0444. The van der Waals surface area contributed by atoms with Crippen LogP contribution in [0.25, 0.3) is 21.8 Å². The van der Waals surface area contributed by atoms with Crippen molar-refractivity contribution in [3.8, 4) is 5.88 Å². The normalized spacial score (nSPS) is 12.4. The number of fused-ring (bicyclic) bond motifs is 2. The quantitative estimate of drug-likeness (QED) is 0.364. The topological polar surface area (TPSA) is 86.5 Å². The molecule has 0 aliphatic rings. The van der Waals surface area contributed by atoms with Crippen molar-refractivity contribution in [2.75, 3.05) is 0 Å². The molecule has 0 saturated heterocycles.